The van der Waals surface area contributed by atoms with Crippen LogP contribution < -0.4 is 4.74 Å². The van der Waals surface area contributed by atoms with Gasteiger partial charge in [0, 0.05) is 12.0 Å². The summed E-state index contributed by atoms with van der Waals surface area (Å²) in [6.07, 6.45) is 5.34. The quantitative estimate of drug-likeness (QED) is 0.497. The maximum atomic E-state index is 5.88. The lowest BCUT2D eigenvalue weighted by Crippen LogP contribution is -2.21. The summed E-state index contributed by atoms with van der Waals surface area (Å²) in [5, 5.41) is 0. The van der Waals surface area contributed by atoms with Crippen LogP contribution >= 0.6 is 0 Å². The molecular weight excluding hydrogens is 284 g/mol. The minimum absolute atomic E-state index is 0.00984. The Balaban J connectivity index is 1.89. The standard InChI is InChI=1S/C21H26O2/c1-4-14-21(2,19-8-6-5-7-9-19)15-16-23-17-18-10-12-20(22-3)13-11-18/h4-14H,15-17H2,1-3H3/b14-4+/t21-/m0/s1. The fourth-order valence-corrected chi connectivity index (χ4v) is 2.71. The fourth-order valence-electron chi connectivity index (χ4n) is 2.71. The van der Waals surface area contributed by atoms with Crippen LogP contribution in [0.4, 0.5) is 0 Å². The van der Waals surface area contributed by atoms with Gasteiger partial charge in [-0.15, -0.1) is 0 Å². The molecule has 0 radical (unpaired) electrons. The predicted molar refractivity (Wildman–Crippen MR) is 95.9 cm³/mol. The molecule has 2 heteroatoms. The smallest absolute Gasteiger partial charge is 0.118 e. The largest absolute Gasteiger partial charge is 0.497 e. The van der Waals surface area contributed by atoms with Gasteiger partial charge in [0.25, 0.3) is 0 Å². The summed E-state index contributed by atoms with van der Waals surface area (Å²) in [7, 11) is 1.68. The first-order valence-corrected chi connectivity index (χ1v) is 8.08. The van der Waals surface area contributed by atoms with Crippen molar-refractivity contribution in [1.29, 1.82) is 0 Å². The Morgan fingerprint density at radius 3 is 2.30 bits per heavy atom. The molecule has 0 spiro atoms. The second-order valence-corrected chi connectivity index (χ2v) is 5.93. The first-order chi connectivity index (χ1) is 11.2. The Kier molecular flexibility index (Phi) is 6.42. The van der Waals surface area contributed by atoms with Crippen LogP contribution in [0.3, 0.4) is 0 Å². The van der Waals surface area contributed by atoms with Gasteiger partial charge in [-0.1, -0.05) is 61.5 Å². The summed E-state index contributed by atoms with van der Waals surface area (Å²) in [5.41, 5.74) is 2.50. The molecule has 0 bridgehead atoms. The zero-order valence-corrected chi connectivity index (χ0v) is 14.3. The molecule has 0 saturated carbocycles. The zero-order chi connectivity index (χ0) is 16.5. The van der Waals surface area contributed by atoms with E-state index in [2.05, 4.69) is 56.3 Å². The lowest BCUT2D eigenvalue weighted by atomic mass is 9.79. The number of benzene rings is 2. The van der Waals surface area contributed by atoms with Crippen molar-refractivity contribution >= 4 is 0 Å². The van der Waals surface area contributed by atoms with E-state index in [-0.39, 0.29) is 5.41 Å². The van der Waals surface area contributed by atoms with E-state index in [0.29, 0.717) is 6.61 Å². The molecule has 0 aliphatic rings. The Morgan fingerprint density at radius 2 is 1.70 bits per heavy atom. The normalized spacial score (nSPS) is 13.9. The molecular formula is C21H26O2. The van der Waals surface area contributed by atoms with E-state index < -0.39 is 0 Å². The van der Waals surface area contributed by atoms with Crippen molar-refractivity contribution in [2.45, 2.75) is 32.3 Å². The molecule has 0 aromatic heterocycles. The molecule has 0 amide bonds. The Bertz CT molecular complexity index is 601. The predicted octanol–water partition coefficient (Wildman–Crippen LogP) is 5.14. The maximum Gasteiger partial charge on any atom is 0.118 e. The van der Waals surface area contributed by atoms with Gasteiger partial charge >= 0.3 is 0 Å². The second-order valence-electron chi connectivity index (χ2n) is 5.93. The highest BCUT2D eigenvalue weighted by atomic mass is 16.5. The Hall–Kier alpha value is -2.06. The van der Waals surface area contributed by atoms with Gasteiger partial charge in [0.05, 0.1) is 13.7 Å². The number of rotatable bonds is 8. The number of methoxy groups -OCH3 is 1. The third-order valence-electron chi connectivity index (χ3n) is 4.16. The van der Waals surface area contributed by atoms with Crippen LogP contribution in [-0.2, 0) is 16.8 Å². The average Bonchev–Trinajstić information content (AvgIpc) is 2.60. The van der Waals surface area contributed by atoms with Gasteiger partial charge in [0.15, 0.2) is 0 Å². The molecule has 0 saturated heterocycles. The summed E-state index contributed by atoms with van der Waals surface area (Å²) in [5.74, 6) is 0.874. The van der Waals surface area contributed by atoms with Crippen molar-refractivity contribution in [3.63, 3.8) is 0 Å². The van der Waals surface area contributed by atoms with Crippen LogP contribution in [0, 0.1) is 0 Å². The van der Waals surface area contributed by atoms with Crippen molar-refractivity contribution in [2.75, 3.05) is 13.7 Å². The fraction of sp³-hybridized carbons (Fsp3) is 0.333. The lowest BCUT2D eigenvalue weighted by Gasteiger charge is -2.26. The molecule has 0 heterocycles. The van der Waals surface area contributed by atoms with Crippen molar-refractivity contribution < 1.29 is 9.47 Å². The minimum Gasteiger partial charge on any atom is -0.497 e. The molecule has 23 heavy (non-hydrogen) atoms. The summed E-state index contributed by atoms with van der Waals surface area (Å²) < 4.78 is 11.0. The molecule has 2 nitrogen and oxygen atoms in total. The van der Waals surface area contributed by atoms with Crippen LogP contribution in [0.2, 0.25) is 0 Å². The first-order valence-electron chi connectivity index (χ1n) is 8.08. The van der Waals surface area contributed by atoms with Gasteiger partial charge in [0.2, 0.25) is 0 Å². The van der Waals surface area contributed by atoms with Gasteiger partial charge in [-0.25, -0.2) is 0 Å². The van der Waals surface area contributed by atoms with Gasteiger partial charge in [-0.3, -0.25) is 0 Å². The summed E-state index contributed by atoms with van der Waals surface area (Å²) in [6.45, 7) is 5.69. The van der Waals surface area contributed by atoms with E-state index in [0.717, 1.165) is 18.8 Å². The maximum absolute atomic E-state index is 5.88. The van der Waals surface area contributed by atoms with E-state index in [4.69, 9.17) is 9.47 Å². The second kappa shape index (κ2) is 8.54. The van der Waals surface area contributed by atoms with Crippen LogP contribution in [0.5, 0.6) is 5.75 Å². The van der Waals surface area contributed by atoms with Gasteiger partial charge < -0.3 is 9.47 Å². The zero-order valence-electron chi connectivity index (χ0n) is 14.3. The molecule has 122 valence electrons. The third kappa shape index (κ3) is 4.97. The molecule has 2 aromatic carbocycles. The average molecular weight is 310 g/mol. The van der Waals surface area contributed by atoms with Crippen LogP contribution in [-0.4, -0.2) is 13.7 Å². The van der Waals surface area contributed by atoms with Crippen molar-refractivity contribution in [2.24, 2.45) is 0 Å². The summed E-state index contributed by atoms with van der Waals surface area (Å²) in [4.78, 5) is 0. The van der Waals surface area contributed by atoms with E-state index >= 15 is 0 Å². The van der Waals surface area contributed by atoms with E-state index in [9.17, 15) is 0 Å². The highest BCUT2D eigenvalue weighted by Crippen LogP contribution is 2.29. The van der Waals surface area contributed by atoms with Crippen molar-refractivity contribution in [3.05, 3.63) is 77.9 Å². The Morgan fingerprint density at radius 1 is 1.00 bits per heavy atom. The van der Waals surface area contributed by atoms with E-state index in [1.54, 1.807) is 7.11 Å². The molecule has 0 N–H and O–H groups in total. The van der Waals surface area contributed by atoms with Crippen molar-refractivity contribution in [1.82, 2.24) is 0 Å². The number of hydrogen-bond donors (Lipinski definition) is 0. The molecule has 2 aromatic rings. The number of ether oxygens (including phenoxy) is 2. The third-order valence-corrected chi connectivity index (χ3v) is 4.16. The SMILES string of the molecule is C/C=C/[C@@](C)(CCOCc1ccc(OC)cc1)c1ccccc1. The first kappa shape index (κ1) is 17.3. The summed E-state index contributed by atoms with van der Waals surface area (Å²) in [6, 6.07) is 18.6. The van der Waals surface area contributed by atoms with E-state index in [1.165, 1.54) is 11.1 Å². The van der Waals surface area contributed by atoms with E-state index in [1.807, 2.05) is 24.3 Å². The highest BCUT2D eigenvalue weighted by molar-refractivity contribution is 5.30. The van der Waals surface area contributed by atoms with Crippen LogP contribution in [0.15, 0.2) is 66.7 Å². The molecule has 0 aliphatic heterocycles. The number of allylic oxidation sites excluding steroid dienone is 2. The van der Waals surface area contributed by atoms with Gasteiger partial charge in [0.1, 0.15) is 5.75 Å². The molecule has 0 unspecified atom stereocenters. The topological polar surface area (TPSA) is 18.5 Å². The molecule has 0 fully saturated rings. The monoisotopic (exact) mass is 310 g/mol. The molecule has 1 atom stereocenters. The van der Waals surface area contributed by atoms with Crippen LogP contribution in [0.25, 0.3) is 0 Å². The lowest BCUT2D eigenvalue weighted by molar-refractivity contribution is 0.108. The molecule has 2 rings (SSSR count). The molecule has 0 aliphatic carbocycles. The highest BCUT2D eigenvalue weighted by Gasteiger charge is 2.22. The van der Waals surface area contributed by atoms with Gasteiger partial charge in [-0.05, 0) is 36.6 Å². The van der Waals surface area contributed by atoms with Crippen LogP contribution in [0.1, 0.15) is 31.4 Å². The Labute approximate surface area is 139 Å². The summed E-state index contributed by atoms with van der Waals surface area (Å²) >= 11 is 0. The van der Waals surface area contributed by atoms with Crippen molar-refractivity contribution in [3.8, 4) is 5.75 Å². The number of hydrogen-bond acceptors (Lipinski definition) is 2. The minimum atomic E-state index is 0.00984. The van der Waals surface area contributed by atoms with Gasteiger partial charge in [-0.2, -0.15) is 0 Å².